The van der Waals surface area contributed by atoms with Gasteiger partial charge in [-0.3, -0.25) is 0 Å². The van der Waals surface area contributed by atoms with Crippen LogP contribution in [0.25, 0.3) is 0 Å². The first kappa shape index (κ1) is 19.8. The van der Waals surface area contributed by atoms with Crippen molar-refractivity contribution in [3.8, 4) is 17.2 Å². The lowest BCUT2D eigenvalue weighted by Gasteiger charge is -2.14. The molecule has 0 radical (unpaired) electrons. The first-order chi connectivity index (χ1) is 13.8. The number of methoxy groups -OCH3 is 1. The van der Waals surface area contributed by atoms with Gasteiger partial charge in [0.1, 0.15) is 12.4 Å². The standard InChI is InChI=1S/C24H27NO3/c1-3-27-24-15-21(17-25-16-20-10-7-11-22(14-20)26-2)12-13-23(24)28-18-19-8-5-4-6-9-19/h4-15,25H,3,16-18H2,1-2H3. The molecule has 0 heterocycles. The summed E-state index contributed by atoms with van der Waals surface area (Å²) in [6.45, 7) is 4.62. The summed E-state index contributed by atoms with van der Waals surface area (Å²) in [5, 5.41) is 3.46. The molecule has 0 aliphatic heterocycles. The first-order valence-electron chi connectivity index (χ1n) is 9.54. The first-order valence-corrected chi connectivity index (χ1v) is 9.54. The molecular weight excluding hydrogens is 350 g/mol. The SMILES string of the molecule is CCOc1cc(CNCc2cccc(OC)c2)ccc1OCc1ccccc1. The van der Waals surface area contributed by atoms with Crippen molar-refractivity contribution < 1.29 is 14.2 Å². The molecule has 0 unspecified atom stereocenters. The van der Waals surface area contributed by atoms with Crippen LogP contribution < -0.4 is 19.5 Å². The van der Waals surface area contributed by atoms with E-state index >= 15 is 0 Å². The molecular formula is C24H27NO3. The molecule has 1 N–H and O–H groups in total. The van der Waals surface area contributed by atoms with E-state index < -0.39 is 0 Å². The molecule has 0 saturated heterocycles. The van der Waals surface area contributed by atoms with Gasteiger partial charge in [-0.05, 0) is 47.9 Å². The van der Waals surface area contributed by atoms with E-state index in [1.54, 1.807) is 7.11 Å². The molecule has 0 aliphatic carbocycles. The monoisotopic (exact) mass is 377 g/mol. The molecule has 4 nitrogen and oxygen atoms in total. The van der Waals surface area contributed by atoms with Crippen molar-refractivity contribution in [3.63, 3.8) is 0 Å². The minimum Gasteiger partial charge on any atom is -0.497 e. The van der Waals surface area contributed by atoms with Crippen LogP contribution in [0.5, 0.6) is 17.2 Å². The molecule has 4 heteroatoms. The van der Waals surface area contributed by atoms with E-state index in [0.29, 0.717) is 13.2 Å². The Morgan fingerprint density at radius 3 is 2.21 bits per heavy atom. The third kappa shape index (κ3) is 5.76. The Hall–Kier alpha value is -2.98. The largest absolute Gasteiger partial charge is 0.497 e. The van der Waals surface area contributed by atoms with E-state index in [1.165, 1.54) is 5.56 Å². The van der Waals surface area contributed by atoms with Gasteiger partial charge in [0.25, 0.3) is 0 Å². The van der Waals surface area contributed by atoms with Crippen molar-refractivity contribution in [1.29, 1.82) is 0 Å². The summed E-state index contributed by atoms with van der Waals surface area (Å²) in [5.41, 5.74) is 3.47. The summed E-state index contributed by atoms with van der Waals surface area (Å²) in [5.74, 6) is 2.42. The van der Waals surface area contributed by atoms with Crippen LogP contribution in [0.15, 0.2) is 72.8 Å². The van der Waals surface area contributed by atoms with Gasteiger partial charge in [-0.25, -0.2) is 0 Å². The number of benzene rings is 3. The Bertz CT molecular complexity index is 865. The van der Waals surface area contributed by atoms with Crippen molar-refractivity contribution in [2.75, 3.05) is 13.7 Å². The zero-order valence-corrected chi connectivity index (χ0v) is 16.5. The number of hydrogen-bond acceptors (Lipinski definition) is 4. The fourth-order valence-corrected chi connectivity index (χ4v) is 2.92. The second-order valence-corrected chi connectivity index (χ2v) is 6.44. The molecule has 3 rings (SSSR count). The summed E-state index contributed by atoms with van der Waals surface area (Å²) < 4.78 is 17.0. The minimum atomic E-state index is 0.522. The summed E-state index contributed by atoms with van der Waals surface area (Å²) in [7, 11) is 1.68. The van der Waals surface area contributed by atoms with Crippen molar-refractivity contribution in [3.05, 3.63) is 89.5 Å². The second kappa shape index (κ2) is 10.4. The third-order valence-electron chi connectivity index (χ3n) is 4.34. The van der Waals surface area contributed by atoms with Crippen LogP contribution in [-0.4, -0.2) is 13.7 Å². The van der Waals surface area contributed by atoms with Crippen LogP contribution in [0.2, 0.25) is 0 Å². The van der Waals surface area contributed by atoms with Gasteiger partial charge in [0, 0.05) is 13.1 Å². The van der Waals surface area contributed by atoms with Gasteiger partial charge in [0.2, 0.25) is 0 Å². The average Bonchev–Trinajstić information content (AvgIpc) is 2.74. The van der Waals surface area contributed by atoms with Crippen molar-refractivity contribution in [2.45, 2.75) is 26.6 Å². The zero-order chi connectivity index (χ0) is 19.6. The average molecular weight is 377 g/mol. The van der Waals surface area contributed by atoms with Crippen LogP contribution >= 0.6 is 0 Å². The maximum atomic E-state index is 5.97. The van der Waals surface area contributed by atoms with Crippen LogP contribution in [-0.2, 0) is 19.7 Å². The minimum absolute atomic E-state index is 0.522. The molecule has 0 aliphatic rings. The van der Waals surface area contributed by atoms with E-state index in [9.17, 15) is 0 Å². The maximum absolute atomic E-state index is 5.97. The predicted octanol–water partition coefficient (Wildman–Crippen LogP) is 4.96. The number of rotatable bonds is 10. The van der Waals surface area contributed by atoms with E-state index in [0.717, 1.165) is 41.5 Å². The van der Waals surface area contributed by atoms with Gasteiger partial charge < -0.3 is 19.5 Å². The van der Waals surface area contributed by atoms with Gasteiger partial charge in [0.15, 0.2) is 11.5 Å². The van der Waals surface area contributed by atoms with Crippen LogP contribution in [0.3, 0.4) is 0 Å². The fraction of sp³-hybridized carbons (Fsp3) is 0.250. The summed E-state index contributed by atoms with van der Waals surface area (Å²) in [6.07, 6.45) is 0. The normalized spacial score (nSPS) is 10.5. The predicted molar refractivity (Wildman–Crippen MR) is 112 cm³/mol. The molecule has 28 heavy (non-hydrogen) atoms. The maximum Gasteiger partial charge on any atom is 0.161 e. The number of ether oxygens (including phenoxy) is 3. The Morgan fingerprint density at radius 2 is 1.46 bits per heavy atom. The van der Waals surface area contributed by atoms with E-state index in [4.69, 9.17) is 14.2 Å². The van der Waals surface area contributed by atoms with Crippen LogP contribution in [0.1, 0.15) is 23.6 Å². The van der Waals surface area contributed by atoms with Crippen LogP contribution in [0, 0.1) is 0 Å². The van der Waals surface area contributed by atoms with Gasteiger partial charge in [0.05, 0.1) is 13.7 Å². The highest BCUT2D eigenvalue weighted by molar-refractivity contribution is 5.43. The van der Waals surface area contributed by atoms with Crippen molar-refractivity contribution >= 4 is 0 Å². The number of nitrogens with one attached hydrogen (secondary N) is 1. The summed E-state index contributed by atoms with van der Waals surface area (Å²) in [6, 6.07) is 24.3. The lowest BCUT2D eigenvalue weighted by Crippen LogP contribution is -2.13. The summed E-state index contributed by atoms with van der Waals surface area (Å²) >= 11 is 0. The second-order valence-electron chi connectivity index (χ2n) is 6.44. The van der Waals surface area contributed by atoms with Gasteiger partial charge in [-0.1, -0.05) is 48.5 Å². The van der Waals surface area contributed by atoms with Gasteiger partial charge in [-0.2, -0.15) is 0 Å². The molecule has 0 bridgehead atoms. The highest BCUT2D eigenvalue weighted by atomic mass is 16.5. The molecule has 0 amide bonds. The van der Waals surface area contributed by atoms with Gasteiger partial charge >= 0.3 is 0 Å². The topological polar surface area (TPSA) is 39.7 Å². The molecule has 0 saturated carbocycles. The highest BCUT2D eigenvalue weighted by Gasteiger charge is 2.07. The molecule has 0 aromatic heterocycles. The van der Waals surface area contributed by atoms with Crippen LogP contribution in [0.4, 0.5) is 0 Å². The van der Waals surface area contributed by atoms with Gasteiger partial charge in [-0.15, -0.1) is 0 Å². The molecule has 0 atom stereocenters. The Labute approximate surface area is 167 Å². The third-order valence-corrected chi connectivity index (χ3v) is 4.34. The Kier molecular flexibility index (Phi) is 7.33. The lowest BCUT2D eigenvalue weighted by molar-refractivity contribution is 0.269. The Balaban J connectivity index is 1.59. The Morgan fingerprint density at radius 1 is 0.714 bits per heavy atom. The number of hydrogen-bond donors (Lipinski definition) is 1. The molecule has 0 fully saturated rings. The quantitative estimate of drug-likeness (QED) is 0.542. The van der Waals surface area contributed by atoms with E-state index in [2.05, 4.69) is 29.6 Å². The summed E-state index contributed by atoms with van der Waals surface area (Å²) in [4.78, 5) is 0. The fourth-order valence-electron chi connectivity index (χ4n) is 2.92. The van der Waals surface area contributed by atoms with Crippen molar-refractivity contribution in [2.24, 2.45) is 0 Å². The zero-order valence-electron chi connectivity index (χ0n) is 16.5. The molecule has 0 spiro atoms. The van der Waals surface area contributed by atoms with E-state index in [-0.39, 0.29) is 0 Å². The molecule has 3 aromatic carbocycles. The van der Waals surface area contributed by atoms with E-state index in [1.807, 2.05) is 55.5 Å². The highest BCUT2D eigenvalue weighted by Crippen LogP contribution is 2.29. The molecule has 3 aromatic rings. The lowest BCUT2D eigenvalue weighted by atomic mass is 10.1. The molecule has 146 valence electrons. The van der Waals surface area contributed by atoms with Crippen molar-refractivity contribution in [1.82, 2.24) is 5.32 Å². The smallest absolute Gasteiger partial charge is 0.161 e.